The standard InChI is InChI=1S/C18H29NO4/c1-3-18(22)19-11-10-15-6-8-16(9-7-15)23-13-14(2)17(21)5-4-12-20/h6-9,14,17,20-21H,3-5,10-13H2,1-2H3,(H,19,22). The maximum Gasteiger partial charge on any atom is 0.219 e. The van der Waals surface area contributed by atoms with Crippen molar-refractivity contribution >= 4 is 5.91 Å². The molecule has 2 atom stereocenters. The number of aliphatic hydroxyl groups is 2. The van der Waals surface area contributed by atoms with Crippen molar-refractivity contribution in [1.29, 1.82) is 0 Å². The molecule has 0 aliphatic rings. The first-order valence-electron chi connectivity index (χ1n) is 8.34. The van der Waals surface area contributed by atoms with E-state index in [0.717, 1.165) is 17.7 Å². The Bertz CT molecular complexity index is 447. The Morgan fingerprint density at radius 1 is 1.30 bits per heavy atom. The lowest BCUT2D eigenvalue weighted by molar-refractivity contribution is -0.120. The summed E-state index contributed by atoms with van der Waals surface area (Å²) in [5.41, 5.74) is 1.14. The van der Waals surface area contributed by atoms with Crippen molar-refractivity contribution in [3.8, 4) is 5.75 Å². The Labute approximate surface area is 138 Å². The first-order valence-corrected chi connectivity index (χ1v) is 8.34. The highest BCUT2D eigenvalue weighted by Gasteiger charge is 2.14. The summed E-state index contributed by atoms with van der Waals surface area (Å²) in [7, 11) is 0. The topological polar surface area (TPSA) is 78.8 Å². The van der Waals surface area contributed by atoms with E-state index in [9.17, 15) is 9.90 Å². The Balaban J connectivity index is 2.32. The van der Waals surface area contributed by atoms with Crippen molar-refractivity contribution in [2.45, 2.75) is 45.6 Å². The van der Waals surface area contributed by atoms with Crippen LogP contribution in [-0.4, -0.2) is 42.0 Å². The number of nitrogens with one attached hydrogen (secondary N) is 1. The largest absolute Gasteiger partial charge is 0.493 e. The lowest BCUT2D eigenvalue weighted by Crippen LogP contribution is -2.24. The van der Waals surface area contributed by atoms with Crippen molar-refractivity contribution < 1.29 is 19.7 Å². The minimum atomic E-state index is -0.455. The monoisotopic (exact) mass is 323 g/mol. The molecule has 0 bridgehead atoms. The van der Waals surface area contributed by atoms with E-state index in [4.69, 9.17) is 9.84 Å². The van der Waals surface area contributed by atoms with Crippen LogP contribution in [0.3, 0.4) is 0 Å². The molecule has 1 rings (SSSR count). The minimum absolute atomic E-state index is 0.0190. The van der Waals surface area contributed by atoms with Crippen LogP contribution in [0.25, 0.3) is 0 Å². The molecule has 130 valence electrons. The van der Waals surface area contributed by atoms with Gasteiger partial charge < -0.3 is 20.3 Å². The van der Waals surface area contributed by atoms with Crippen LogP contribution in [0, 0.1) is 5.92 Å². The van der Waals surface area contributed by atoms with Crippen molar-refractivity contribution in [2.24, 2.45) is 5.92 Å². The zero-order valence-electron chi connectivity index (χ0n) is 14.1. The van der Waals surface area contributed by atoms with Gasteiger partial charge in [0.15, 0.2) is 0 Å². The summed E-state index contributed by atoms with van der Waals surface area (Å²) >= 11 is 0. The number of carbonyl (C=O) groups is 1. The third-order valence-corrected chi connectivity index (χ3v) is 3.81. The fourth-order valence-corrected chi connectivity index (χ4v) is 2.15. The van der Waals surface area contributed by atoms with Gasteiger partial charge in [-0.1, -0.05) is 26.0 Å². The van der Waals surface area contributed by atoms with E-state index in [0.29, 0.717) is 32.4 Å². The van der Waals surface area contributed by atoms with Crippen molar-refractivity contribution in [3.05, 3.63) is 29.8 Å². The molecule has 1 aromatic rings. The van der Waals surface area contributed by atoms with Crippen molar-refractivity contribution in [1.82, 2.24) is 5.32 Å². The summed E-state index contributed by atoms with van der Waals surface area (Å²) in [4.78, 5) is 11.2. The molecular formula is C18H29NO4. The van der Waals surface area contributed by atoms with Crippen LogP contribution in [0.15, 0.2) is 24.3 Å². The van der Waals surface area contributed by atoms with Crippen molar-refractivity contribution in [2.75, 3.05) is 19.8 Å². The van der Waals surface area contributed by atoms with E-state index < -0.39 is 6.10 Å². The average Bonchev–Trinajstić information content (AvgIpc) is 2.58. The molecule has 1 aromatic carbocycles. The van der Waals surface area contributed by atoms with Crippen LogP contribution < -0.4 is 10.1 Å². The number of ether oxygens (including phenoxy) is 1. The van der Waals surface area contributed by atoms with Gasteiger partial charge in [-0.3, -0.25) is 4.79 Å². The molecule has 5 nitrogen and oxygen atoms in total. The van der Waals surface area contributed by atoms with Crippen LogP contribution in [0.5, 0.6) is 5.75 Å². The van der Waals surface area contributed by atoms with Gasteiger partial charge in [0.2, 0.25) is 5.91 Å². The third-order valence-electron chi connectivity index (χ3n) is 3.81. The van der Waals surface area contributed by atoms with E-state index in [2.05, 4.69) is 5.32 Å². The normalized spacial score (nSPS) is 13.4. The second-order valence-corrected chi connectivity index (χ2v) is 5.82. The SMILES string of the molecule is CCC(=O)NCCc1ccc(OCC(C)C(O)CCCO)cc1. The summed E-state index contributed by atoms with van der Waals surface area (Å²) in [5, 5.41) is 21.5. The first kappa shape index (κ1) is 19.5. The fraction of sp³-hybridized carbons (Fsp3) is 0.611. The number of carbonyl (C=O) groups excluding carboxylic acids is 1. The van der Waals surface area contributed by atoms with Gasteiger partial charge in [-0.25, -0.2) is 0 Å². The average molecular weight is 323 g/mol. The molecular weight excluding hydrogens is 294 g/mol. The number of hydrogen-bond acceptors (Lipinski definition) is 4. The van der Waals surface area contributed by atoms with Gasteiger partial charge in [-0.15, -0.1) is 0 Å². The summed E-state index contributed by atoms with van der Waals surface area (Å²) in [6.45, 7) is 4.96. The fourth-order valence-electron chi connectivity index (χ4n) is 2.15. The molecule has 2 unspecified atom stereocenters. The maximum atomic E-state index is 11.2. The van der Waals surface area contributed by atoms with E-state index in [1.165, 1.54) is 0 Å². The van der Waals surface area contributed by atoms with Gasteiger partial charge >= 0.3 is 0 Å². The molecule has 0 saturated heterocycles. The molecule has 0 fully saturated rings. The molecule has 0 saturated carbocycles. The van der Waals surface area contributed by atoms with E-state index in [1.807, 2.05) is 38.1 Å². The van der Waals surface area contributed by atoms with E-state index in [1.54, 1.807) is 0 Å². The third kappa shape index (κ3) is 8.00. The summed E-state index contributed by atoms with van der Waals surface area (Å²) in [6, 6.07) is 7.79. The molecule has 0 heterocycles. The van der Waals surface area contributed by atoms with Crippen LogP contribution >= 0.6 is 0 Å². The quantitative estimate of drug-likeness (QED) is 0.581. The number of aliphatic hydroxyl groups excluding tert-OH is 2. The smallest absolute Gasteiger partial charge is 0.219 e. The zero-order chi connectivity index (χ0) is 17.1. The molecule has 1 amide bonds. The van der Waals surface area contributed by atoms with E-state index >= 15 is 0 Å². The molecule has 5 heteroatoms. The molecule has 0 aliphatic carbocycles. The number of hydrogen-bond donors (Lipinski definition) is 3. The minimum Gasteiger partial charge on any atom is -0.493 e. The van der Waals surface area contributed by atoms with Crippen LogP contribution in [0.4, 0.5) is 0 Å². The highest BCUT2D eigenvalue weighted by molar-refractivity contribution is 5.75. The Hall–Kier alpha value is -1.59. The number of amides is 1. The lowest BCUT2D eigenvalue weighted by Gasteiger charge is -2.19. The summed E-state index contributed by atoms with van der Waals surface area (Å²) < 4.78 is 5.69. The molecule has 23 heavy (non-hydrogen) atoms. The number of benzene rings is 1. The second kappa shape index (κ2) is 11.0. The second-order valence-electron chi connectivity index (χ2n) is 5.82. The van der Waals surface area contributed by atoms with Crippen LogP contribution in [0.1, 0.15) is 38.7 Å². The summed E-state index contributed by atoms with van der Waals surface area (Å²) in [6.07, 6.45) is 2.04. The van der Waals surface area contributed by atoms with Crippen LogP contribution in [-0.2, 0) is 11.2 Å². The van der Waals surface area contributed by atoms with Crippen LogP contribution in [0.2, 0.25) is 0 Å². The Morgan fingerprint density at radius 2 is 2.00 bits per heavy atom. The van der Waals surface area contributed by atoms with Gasteiger partial charge in [0.25, 0.3) is 0 Å². The predicted octanol–water partition coefficient (Wildman–Crippen LogP) is 1.90. The lowest BCUT2D eigenvalue weighted by atomic mass is 10.0. The molecule has 0 spiro atoms. The zero-order valence-corrected chi connectivity index (χ0v) is 14.1. The molecule has 3 N–H and O–H groups in total. The van der Waals surface area contributed by atoms with Crippen molar-refractivity contribution in [3.63, 3.8) is 0 Å². The predicted molar refractivity (Wildman–Crippen MR) is 90.4 cm³/mol. The summed E-state index contributed by atoms with van der Waals surface area (Å²) in [5.74, 6) is 0.858. The molecule has 0 aromatic heterocycles. The van der Waals surface area contributed by atoms with Gasteiger partial charge in [-0.05, 0) is 37.0 Å². The van der Waals surface area contributed by atoms with E-state index in [-0.39, 0.29) is 18.4 Å². The molecule has 0 aliphatic heterocycles. The van der Waals surface area contributed by atoms with Gasteiger partial charge in [0.1, 0.15) is 5.75 Å². The van der Waals surface area contributed by atoms with Gasteiger partial charge in [-0.2, -0.15) is 0 Å². The Kier molecular flexibility index (Phi) is 9.33. The highest BCUT2D eigenvalue weighted by atomic mass is 16.5. The Morgan fingerprint density at radius 3 is 2.61 bits per heavy atom. The van der Waals surface area contributed by atoms with Gasteiger partial charge in [0, 0.05) is 25.5 Å². The highest BCUT2D eigenvalue weighted by Crippen LogP contribution is 2.16. The molecule has 0 radical (unpaired) electrons. The number of rotatable bonds is 11. The maximum absolute atomic E-state index is 11.2. The van der Waals surface area contributed by atoms with Gasteiger partial charge in [0.05, 0.1) is 12.7 Å². The first-order chi connectivity index (χ1) is 11.1.